The van der Waals surface area contributed by atoms with E-state index in [-0.39, 0.29) is 11.4 Å². The number of anilines is 1. The Labute approximate surface area is 141 Å². The second kappa shape index (κ2) is 6.26. The van der Waals surface area contributed by atoms with Crippen molar-refractivity contribution < 1.29 is 9.21 Å². The molecule has 0 bridgehead atoms. The molecule has 0 radical (unpaired) electrons. The first-order valence-electron chi connectivity index (χ1n) is 8.64. The summed E-state index contributed by atoms with van der Waals surface area (Å²) in [6.07, 6.45) is 13.6. The second-order valence-corrected chi connectivity index (χ2v) is 6.70. The lowest BCUT2D eigenvalue weighted by Crippen LogP contribution is -2.47. The summed E-state index contributed by atoms with van der Waals surface area (Å²) in [5.74, 6) is 1.04. The fourth-order valence-electron chi connectivity index (χ4n) is 4.18. The van der Waals surface area contributed by atoms with Gasteiger partial charge in [-0.15, -0.1) is 0 Å². The number of aromatic nitrogens is 2. The monoisotopic (exact) mass is 326 g/mol. The van der Waals surface area contributed by atoms with Crippen molar-refractivity contribution in [2.75, 3.05) is 24.5 Å². The maximum Gasteiger partial charge on any atom is 0.257 e. The van der Waals surface area contributed by atoms with Gasteiger partial charge in [-0.2, -0.15) is 0 Å². The summed E-state index contributed by atoms with van der Waals surface area (Å²) >= 11 is 0. The normalized spacial score (nSPS) is 24.3. The maximum absolute atomic E-state index is 12.9. The molecule has 2 aliphatic rings. The van der Waals surface area contributed by atoms with Crippen molar-refractivity contribution in [1.29, 1.82) is 0 Å². The van der Waals surface area contributed by atoms with Gasteiger partial charge < -0.3 is 14.2 Å². The molecule has 126 valence electrons. The fourth-order valence-corrected chi connectivity index (χ4v) is 4.18. The Morgan fingerprint density at radius 1 is 1.12 bits per heavy atom. The van der Waals surface area contributed by atoms with Crippen LogP contribution in [-0.4, -0.2) is 45.9 Å². The van der Waals surface area contributed by atoms with Gasteiger partial charge in [0.2, 0.25) is 0 Å². The smallest absolute Gasteiger partial charge is 0.257 e. The van der Waals surface area contributed by atoms with Crippen LogP contribution in [0.1, 0.15) is 42.5 Å². The highest BCUT2D eigenvalue weighted by atomic mass is 16.3. The number of nitrogens with zero attached hydrogens (tertiary/aromatic N) is 4. The van der Waals surface area contributed by atoms with E-state index < -0.39 is 0 Å². The van der Waals surface area contributed by atoms with E-state index in [1.807, 2.05) is 6.20 Å². The maximum atomic E-state index is 12.9. The molecule has 0 unspecified atom stereocenters. The molecule has 2 aliphatic heterocycles. The molecule has 2 saturated heterocycles. The minimum absolute atomic E-state index is 0.0225. The lowest BCUT2D eigenvalue weighted by Gasteiger charge is -2.38. The molecule has 4 rings (SSSR count). The molecule has 6 heteroatoms. The van der Waals surface area contributed by atoms with Gasteiger partial charge in [-0.1, -0.05) is 0 Å². The van der Waals surface area contributed by atoms with Crippen LogP contribution in [0.4, 0.5) is 5.82 Å². The van der Waals surface area contributed by atoms with E-state index in [1.165, 1.54) is 0 Å². The molecule has 0 aromatic carbocycles. The third-order valence-corrected chi connectivity index (χ3v) is 5.40. The van der Waals surface area contributed by atoms with E-state index in [9.17, 15) is 4.79 Å². The number of hydrogen-bond acceptors (Lipinski definition) is 5. The standard InChI is InChI=1S/C18H22N4O2/c23-17(15-3-12-24-14-15)22-10-2-5-18(22)4-1-9-21(11-6-18)16-13-19-7-8-20-16/h3,7-8,12-14H,1-2,4-6,9-11H2/t18-/m0/s1. The Morgan fingerprint density at radius 3 is 2.75 bits per heavy atom. The molecule has 0 N–H and O–H groups in total. The quantitative estimate of drug-likeness (QED) is 0.849. The average molecular weight is 326 g/mol. The third kappa shape index (κ3) is 2.66. The lowest BCUT2D eigenvalue weighted by atomic mass is 9.87. The number of likely N-dealkylation sites (tertiary alicyclic amines) is 1. The molecular formula is C18H22N4O2. The van der Waals surface area contributed by atoms with E-state index in [0.717, 1.165) is 57.6 Å². The summed E-state index contributed by atoms with van der Waals surface area (Å²) in [6.45, 7) is 2.72. The van der Waals surface area contributed by atoms with Crippen LogP contribution in [0, 0.1) is 0 Å². The van der Waals surface area contributed by atoms with Gasteiger partial charge in [0.25, 0.3) is 5.91 Å². The van der Waals surface area contributed by atoms with Crippen molar-refractivity contribution in [3.8, 4) is 0 Å². The summed E-state index contributed by atoms with van der Waals surface area (Å²) < 4.78 is 5.10. The first kappa shape index (κ1) is 15.2. The fraction of sp³-hybridized carbons (Fsp3) is 0.500. The van der Waals surface area contributed by atoms with Crippen molar-refractivity contribution in [3.63, 3.8) is 0 Å². The molecule has 6 nitrogen and oxygen atoms in total. The summed E-state index contributed by atoms with van der Waals surface area (Å²) in [4.78, 5) is 25.9. The molecule has 0 aliphatic carbocycles. The van der Waals surface area contributed by atoms with Crippen LogP contribution in [0.2, 0.25) is 0 Å². The van der Waals surface area contributed by atoms with Gasteiger partial charge in [-0.3, -0.25) is 9.78 Å². The summed E-state index contributed by atoms with van der Waals surface area (Å²) in [7, 11) is 0. The van der Waals surface area contributed by atoms with E-state index in [4.69, 9.17) is 4.42 Å². The van der Waals surface area contributed by atoms with Crippen molar-refractivity contribution in [2.45, 2.75) is 37.6 Å². The number of amides is 1. The van der Waals surface area contributed by atoms with Crippen LogP contribution in [-0.2, 0) is 0 Å². The Bertz CT molecular complexity index is 688. The SMILES string of the molecule is O=C(c1ccoc1)N1CCC[C@]12CCCN(c1cnccn1)CC2. The molecule has 0 saturated carbocycles. The first-order chi connectivity index (χ1) is 11.8. The molecule has 2 aromatic heterocycles. The highest BCUT2D eigenvalue weighted by Crippen LogP contribution is 2.39. The molecule has 1 spiro atoms. The number of rotatable bonds is 2. The average Bonchev–Trinajstić information content (AvgIpc) is 3.23. The van der Waals surface area contributed by atoms with E-state index >= 15 is 0 Å². The topological polar surface area (TPSA) is 62.5 Å². The zero-order valence-electron chi connectivity index (χ0n) is 13.7. The van der Waals surface area contributed by atoms with Gasteiger partial charge in [-0.25, -0.2) is 4.98 Å². The van der Waals surface area contributed by atoms with Crippen LogP contribution in [0.3, 0.4) is 0 Å². The zero-order valence-corrected chi connectivity index (χ0v) is 13.7. The number of carbonyl (C=O) groups is 1. The van der Waals surface area contributed by atoms with Crippen molar-refractivity contribution >= 4 is 11.7 Å². The Balaban J connectivity index is 1.53. The summed E-state index contributed by atoms with van der Waals surface area (Å²) in [6, 6.07) is 1.76. The lowest BCUT2D eigenvalue weighted by molar-refractivity contribution is 0.0565. The Hall–Kier alpha value is -2.37. The van der Waals surface area contributed by atoms with Gasteiger partial charge >= 0.3 is 0 Å². The zero-order chi connectivity index (χ0) is 16.4. The van der Waals surface area contributed by atoms with Crippen molar-refractivity contribution in [2.24, 2.45) is 0 Å². The Kier molecular flexibility index (Phi) is 3.96. The minimum Gasteiger partial charge on any atom is -0.472 e. The second-order valence-electron chi connectivity index (χ2n) is 6.70. The minimum atomic E-state index is -0.0225. The van der Waals surface area contributed by atoms with E-state index in [2.05, 4.69) is 19.8 Å². The molecule has 1 amide bonds. The summed E-state index contributed by atoms with van der Waals surface area (Å²) in [5.41, 5.74) is 0.636. The molecular weight excluding hydrogens is 304 g/mol. The van der Waals surface area contributed by atoms with E-state index in [0.29, 0.717) is 5.56 Å². The van der Waals surface area contributed by atoms with E-state index in [1.54, 1.807) is 31.0 Å². The molecule has 24 heavy (non-hydrogen) atoms. The van der Waals surface area contributed by atoms with Gasteiger partial charge in [0.1, 0.15) is 12.1 Å². The van der Waals surface area contributed by atoms with Gasteiger partial charge in [0.05, 0.1) is 18.0 Å². The van der Waals surface area contributed by atoms with Gasteiger partial charge in [0, 0.05) is 37.6 Å². The molecule has 2 aromatic rings. The van der Waals surface area contributed by atoms with Crippen LogP contribution < -0.4 is 4.90 Å². The van der Waals surface area contributed by atoms with Crippen LogP contribution in [0.5, 0.6) is 0 Å². The number of carbonyl (C=O) groups excluding carboxylic acids is 1. The largest absolute Gasteiger partial charge is 0.472 e. The number of furan rings is 1. The summed E-state index contributed by atoms with van der Waals surface area (Å²) in [5, 5.41) is 0. The molecule has 2 fully saturated rings. The Morgan fingerprint density at radius 2 is 2.00 bits per heavy atom. The highest BCUT2D eigenvalue weighted by Gasteiger charge is 2.44. The van der Waals surface area contributed by atoms with Crippen LogP contribution in [0.15, 0.2) is 41.6 Å². The van der Waals surface area contributed by atoms with Crippen LogP contribution >= 0.6 is 0 Å². The highest BCUT2D eigenvalue weighted by molar-refractivity contribution is 5.94. The third-order valence-electron chi connectivity index (χ3n) is 5.40. The predicted octanol–water partition coefficient (Wildman–Crippen LogP) is 2.73. The van der Waals surface area contributed by atoms with Crippen molar-refractivity contribution in [1.82, 2.24) is 14.9 Å². The van der Waals surface area contributed by atoms with Crippen molar-refractivity contribution in [3.05, 3.63) is 42.7 Å². The predicted molar refractivity (Wildman–Crippen MR) is 89.8 cm³/mol. The van der Waals surface area contributed by atoms with Gasteiger partial charge in [0.15, 0.2) is 0 Å². The molecule has 4 heterocycles. The van der Waals surface area contributed by atoms with Crippen LogP contribution in [0.25, 0.3) is 0 Å². The number of hydrogen-bond donors (Lipinski definition) is 0. The first-order valence-corrected chi connectivity index (χ1v) is 8.64. The van der Waals surface area contributed by atoms with Gasteiger partial charge in [-0.05, 0) is 38.2 Å². The molecule has 1 atom stereocenters.